The average molecular weight is 515 g/mol. The van der Waals surface area contributed by atoms with E-state index in [1.54, 1.807) is 0 Å². The molecule has 2 aromatic rings. The van der Waals surface area contributed by atoms with Crippen LogP contribution in [0.5, 0.6) is 11.5 Å². The van der Waals surface area contributed by atoms with E-state index in [9.17, 15) is 8.78 Å². The third-order valence-corrected chi connectivity index (χ3v) is 4.98. The van der Waals surface area contributed by atoms with E-state index in [2.05, 4.69) is 16.4 Å². The predicted molar refractivity (Wildman–Crippen MR) is 120 cm³/mol. The highest BCUT2D eigenvalue weighted by Crippen LogP contribution is 2.49. The van der Waals surface area contributed by atoms with Crippen LogP contribution < -0.4 is 20.5 Å². The Kier molecular flexibility index (Phi) is 6.50. The minimum absolute atomic E-state index is 0. The van der Waals surface area contributed by atoms with E-state index in [-0.39, 0.29) is 53.7 Å². The molecule has 3 unspecified atom stereocenters. The Morgan fingerprint density at radius 3 is 2.86 bits per heavy atom. The summed E-state index contributed by atoms with van der Waals surface area (Å²) in [5.74, 6) is 0.827. The lowest BCUT2D eigenvalue weighted by molar-refractivity contribution is 0.254. The predicted octanol–water partition coefficient (Wildman–Crippen LogP) is 4.59. The zero-order valence-electron chi connectivity index (χ0n) is 16.2. The van der Waals surface area contributed by atoms with Crippen LogP contribution >= 0.6 is 24.0 Å². The standard InChI is InChI=1S/C21H23F2N3O2.HI/c1-3-27-20-7-12-6-11(2)28-19(12)10-15(20)14-9-17(14)25-21(24)26-18-8-13(22)4-5-16(18)23;/h4-5,7-8,10-11,14,17H,3,6,9H2,1-2H3,(H3,24,25,26);1H. The summed E-state index contributed by atoms with van der Waals surface area (Å²) in [5, 5.41) is 2.64. The molecule has 8 heteroatoms. The lowest BCUT2D eigenvalue weighted by Gasteiger charge is -2.12. The minimum Gasteiger partial charge on any atom is -0.494 e. The molecule has 2 aliphatic rings. The Morgan fingerprint density at radius 1 is 1.31 bits per heavy atom. The number of fused-ring (bicyclic) bond motifs is 1. The zero-order chi connectivity index (χ0) is 19.8. The Morgan fingerprint density at radius 2 is 2.10 bits per heavy atom. The minimum atomic E-state index is -0.588. The van der Waals surface area contributed by atoms with Crippen LogP contribution in [0, 0.1) is 11.6 Å². The summed E-state index contributed by atoms with van der Waals surface area (Å²) in [7, 11) is 0. The Labute approximate surface area is 185 Å². The highest BCUT2D eigenvalue weighted by Gasteiger charge is 2.41. The number of rotatable bonds is 5. The highest BCUT2D eigenvalue weighted by atomic mass is 127. The maximum Gasteiger partial charge on any atom is 0.193 e. The van der Waals surface area contributed by atoms with E-state index in [4.69, 9.17) is 15.2 Å². The monoisotopic (exact) mass is 515 g/mol. The first-order valence-corrected chi connectivity index (χ1v) is 9.46. The Hall–Kier alpha value is -2.10. The quantitative estimate of drug-likeness (QED) is 0.348. The van der Waals surface area contributed by atoms with Gasteiger partial charge in [-0.05, 0) is 44.5 Å². The second-order valence-electron chi connectivity index (χ2n) is 7.24. The summed E-state index contributed by atoms with van der Waals surface area (Å²) in [5.41, 5.74) is 8.08. The molecule has 3 atom stereocenters. The smallest absolute Gasteiger partial charge is 0.193 e. The maximum atomic E-state index is 13.8. The summed E-state index contributed by atoms with van der Waals surface area (Å²) in [4.78, 5) is 4.42. The number of guanidine groups is 1. The molecule has 29 heavy (non-hydrogen) atoms. The molecular weight excluding hydrogens is 491 g/mol. The molecule has 1 aliphatic heterocycles. The normalized spacial score (nSPS) is 22.3. The molecule has 0 aromatic heterocycles. The van der Waals surface area contributed by atoms with Crippen molar-refractivity contribution in [1.82, 2.24) is 0 Å². The van der Waals surface area contributed by atoms with Gasteiger partial charge in [0.15, 0.2) is 5.96 Å². The molecule has 1 aliphatic carbocycles. The summed E-state index contributed by atoms with van der Waals surface area (Å²) < 4.78 is 38.8. The van der Waals surface area contributed by atoms with Gasteiger partial charge in [0.2, 0.25) is 0 Å². The van der Waals surface area contributed by atoms with Gasteiger partial charge in [0.05, 0.1) is 18.3 Å². The van der Waals surface area contributed by atoms with Gasteiger partial charge in [-0.1, -0.05) is 0 Å². The molecule has 0 bridgehead atoms. The van der Waals surface area contributed by atoms with Crippen LogP contribution in [0.15, 0.2) is 35.3 Å². The van der Waals surface area contributed by atoms with Crippen molar-refractivity contribution in [3.8, 4) is 11.5 Å². The van der Waals surface area contributed by atoms with E-state index in [0.717, 1.165) is 53.7 Å². The highest BCUT2D eigenvalue weighted by molar-refractivity contribution is 14.0. The van der Waals surface area contributed by atoms with E-state index in [1.807, 2.05) is 19.9 Å². The number of halogens is 3. The van der Waals surface area contributed by atoms with Gasteiger partial charge in [-0.2, -0.15) is 0 Å². The summed E-state index contributed by atoms with van der Waals surface area (Å²) in [6.45, 7) is 4.57. The van der Waals surface area contributed by atoms with Crippen molar-refractivity contribution in [1.29, 1.82) is 0 Å². The topological polar surface area (TPSA) is 68.9 Å². The number of nitrogens with two attached hydrogens (primary N) is 1. The maximum absolute atomic E-state index is 13.8. The fraction of sp³-hybridized carbons (Fsp3) is 0.381. The SMILES string of the molecule is CCOc1cc2c(cc1C1CC1N=C(N)Nc1cc(F)ccc1F)OC(C)C2.I. The van der Waals surface area contributed by atoms with Crippen LogP contribution in [0.1, 0.15) is 37.3 Å². The summed E-state index contributed by atoms with van der Waals surface area (Å²) in [6, 6.07) is 7.20. The van der Waals surface area contributed by atoms with E-state index < -0.39 is 11.6 Å². The van der Waals surface area contributed by atoms with Crippen LogP contribution in [0.25, 0.3) is 0 Å². The van der Waals surface area contributed by atoms with E-state index in [1.165, 1.54) is 0 Å². The second kappa shape index (κ2) is 8.73. The lowest BCUT2D eigenvalue weighted by Crippen LogP contribution is -2.24. The number of nitrogens with one attached hydrogen (secondary N) is 1. The number of hydrogen-bond donors (Lipinski definition) is 2. The first-order chi connectivity index (χ1) is 13.4. The third-order valence-electron chi connectivity index (χ3n) is 4.98. The lowest BCUT2D eigenvalue weighted by atomic mass is 10.0. The van der Waals surface area contributed by atoms with Crippen LogP contribution in [-0.2, 0) is 6.42 Å². The zero-order valence-corrected chi connectivity index (χ0v) is 18.6. The number of anilines is 1. The van der Waals surface area contributed by atoms with Gasteiger partial charge in [0.25, 0.3) is 0 Å². The molecule has 4 rings (SSSR count). The van der Waals surface area contributed by atoms with Crippen LogP contribution in [-0.4, -0.2) is 24.7 Å². The number of nitrogens with zero attached hydrogens (tertiary/aromatic N) is 1. The number of hydrogen-bond acceptors (Lipinski definition) is 3. The average Bonchev–Trinajstić information content (AvgIpc) is 3.29. The molecule has 1 saturated carbocycles. The van der Waals surface area contributed by atoms with Gasteiger partial charge in [-0.15, -0.1) is 24.0 Å². The molecule has 3 N–H and O–H groups in total. The molecule has 1 fully saturated rings. The van der Waals surface area contributed by atoms with Gasteiger partial charge >= 0.3 is 0 Å². The summed E-state index contributed by atoms with van der Waals surface area (Å²) >= 11 is 0. The van der Waals surface area contributed by atoms with Gasteiger partial charge in [-0.3, -0.25) is 0 Å². The molecule has 0 amide bonds. The molecule has 0 saturated heterocycles. The molecular formula is C21H24F2IN3O2. The first-order valence-electron chi connectivity index (χ1n) is 9.46. The van der Waals surface area contributed by atoms with Crippen molar-refractivity contribution in [2.45, 2.75) is 44.8 Å². The van der Waals surface area contributed by atoms with E-state index >= 15 is 0 Å². The fourth-order valence-electron chi connectivity index (χ4n) is 3.63. The van der Waals surface area contributed by atoms with Crippen LogP contribution in [0.3, 0.4) is 0 Å². The van der Waals surface area contributed by atoms with Crippen molar-refractivity contribution in [3.63, 3.8) is 0 Å². The van der Waals surface area contributed by atoms with Crippen LogP contribution in [0.4, 0.5) is 14.5 Å². The number of benzene rings is 2. The van der Waals surface area contributed by atoms with Crippen molar-refractivity contribution < 1.29 is 18.3 Å². The van der Waals surface area contributed by atoms with Gasteiger partial charge in [-0.25, -0.2) is 13.8 Å². The molecule has 0 spiro atoms. The number of ether oxygens (including phenoxy) is 2. The molecule has 0 radical (unpaired) electrons. The number of aliphatic imine (C=N–C) groups is 1. The van der Waals surface area contributed by atoms with Crippen molar-refractivity contribution in [3.05, 3.63) is 53.1 Å². The van der Waals surface area contributed by atoms with E-state index in [0.29, 0.717) is 6.61 Å². The largest absolute Gasteiger partial charge is 0.494 e. The Balaban J connectivity index is 0.00000240. The van der Waals surface area contributed by atoms with Gasteiger partial charge < -0.3 is 20.5 Å². The van der Waals surface area contributed by atoms with Gasteiger partial charge in [0, 0.05) is 29.5 Å². The summed E-state index contributed by atoms with van der Waals surface area (Å²) in [6.07, 6.45) is 1.84. The van der Waals surface area contributed by atoms with Crippen LogP contribution in [0.2, 0.25) is 0 Å². The van der Waals surface area contributed by atoms with Gasteiger partial charge in [0.1, 0.15) is 29.2 Å². The third kappa shape index (κ3) is 4.73. The van der Waals surface area contributed by atoms with Crippen molar-refractivity contribution >= 4 is 35.6 Å². The van der Waals surface area contributed by atoms with Crippen molar-refractivity contribution in [2.75, 3.05) is 11.9 Å². The van der Waals surface area contributed by atoms with Crippen molar-refractivity contribution in [2.24, 2.45) is 10.7 Å². The Bertz CT molecular complexity index is 938. The fourth-order valence-corrected chi connectivity index (χ4v) is 3.63. The first kappa shape index (κ1) is 21.6. The molecule has 156 valence electrons. The molecule has 2 aromatic carbocycles. The second-order valence-corrected chi connectivity index (χ2v) is 7.24. The molecule has 5 nitrogen and oxygen atoms in total. The molecule has 1 heterocycles.